The van der Waals surface area contributed by atoms with Crippen molar-refractivity contribution in [3.05, 3.63) is 56.7 Å². The number of ether oxygens (including phenoxy) is 1. The zero-order chi connectivity index (χ0) is 13.8. The van der Waals surface area contributed by atoms with Crippen LogP contribution in [0, 0.1) is 5.82 Å². The Morgan fingerprint density at radius 3 is 2.47 bits per heavy atom. The second-order valence-corrected chi connectivity index (χ2v) is 5.74. The predicted octanol–water partition coefficient (Wildman–Crippen LogP) is 4.64. The Labute approximate surface area is 128 Å². The largest absolute Gasteiger partial charge is 0.456 e. The highest BCUT2D eigenvalue weighted by Crippen LogP contribution is 2.33. The molecule has 2 rings (SSSR count). The molecule has 2 nitrogen and oxygen atoms in total. The lowest BCUT2D eigenvalue weighted by Gasteiger charge is -2.12. The lowest BCUT2D eigenvalue weighted by molar-refractivity contribution is 0.471. The van der Waals surface area contributed by atoms with Crippen molar-refractivity contribution in [1.82, 2.24) is 0 Å². The average Bonchev–Trinajstić information content (AvgIpc) is 2.36. The molecule has 0 bridgehead atoms. The molecule has 0 heterocycles. The number of benzene rings is 2. The maximum Gasteiger partial charge on any atom is 0.141 e. The minimum Gasteiger partial charge on any atom is -0.456 e. The molecule has 100 valence electrons. The SMILES string of the molecule is NCCc1cc(Br)ccc1Oc1ccc(F)cc1Br. The number of nitrogens with two attached hydrogens (primary N) is 1. The topological polar surface area (TPSA) is 35.2 Å². The maximum absolute atomic E-state index is 13.0. The van der Waals surface area contributed by atoms with Crippen molar-refractivity contribution in [3.8, 4) is 11.5 Å². The van der Waals surface area contributed by atoms with Gasteiger partial charge >= 0.3 is 0 Å². The van der Waals surface area contributed by atoms with Crippen LogP contribution in [0.1, 0.15) is 5.56 Å². The van der Waals surface area contributed by atoms with E-state index < -0.39 is 0 Å². The minimum atomic E-state index is -0.308. The molecule has 0 saturated carbocycles. The highest BCUT2D eigenvalue weighted by Gasteiger charge is 2.08. The second kappa shape index (κ2) is 6.50. The summed E-state index contributed by atoms with van der Waals surface area (Å²) in [6.45, 7) is 0.539. The van der Waals surface area contributed by atoms with E-state index in [0.29, 0.717) is 23.2 Å². The van der Waals surface area contributed by atoms with Gasteiger partial charge in [-0.2, -0.15) is 0 Å². The summed E-state index contributed by atoms with van der Waals surface area (Å²) in [4.78, 5) is 0. The molecule has 0 aromatic heterocycles. The lowest BCUT2D eigenvalue weighted by atomic mass is 10.1. The van der Waals surface area contributed by atoms with Crippen LogP contribution in [0.15, 0.2) is 45.3 Å². The van der Waals surface area contributed by atoms with Crippen molar-refractivity contribution in [2.75, 3.05) is 6.54 Å². The van der Waals surface area contributed by atoms with E-state index in [1.165, 1.54) is 12.1 Å². The number of halogens is 3. The normalized spacial score (nSPS) is 10.5. The molecule has 0 fully saturated rings. The monoisotopic (exact) mass is 387 g/mol. The molecule has 5 heteroatoms. The van der Waals surface area contributed by atoms with E-state index in [2.05, 4.69) is 31.9 Å². The van der Waals surface area contributed by atoms with Gasteiger partial charge in [0.15, 0.2) is 0 Å². The van der Waals surface area contributed by atoms with E-state index in [1.807, 2.05) is 18.2 Å². The predicted molar refractivity (Wildman–Crippen MR) is 81.1 cm³/mol. The molecule has 0 aliphatic carbocycles. The van der Waals surface area contributed by atoms with Crippen molar-refractivity contribution in [2.24, 2.45) is 5.73 Å². The van der Waals surface area contributed by atoms with Crippen LogP contribution in [0.3, 0.4) is 0 Å². The molecule has 0 aliphatic heterocycles. The van der Waals surface area contributed by atoms with Gasteiger partial charge in [-0.05, 0) is 70.9 Å². The fourth-order valence-electron chi connectivity index (χ4n) is 1.67. The summed E-state index contributed by atoms with van der Waals surface area (Å²) < 4.78 is 20.4. The molecule has 2 N–H and O–H groups in total. The van der Waals surface area contributed by atoms with E-state index in [1.54, 1.807) is 6.07 Å². The van der Waals surface area contributed by atoms with Gasteiger partial charge in [0, 0.05) is 4.47 Å². The standard InChI is InChI=1S/C14H12Br2FNO/c15-10-1-3-13(9(7-10)5-6-18)19-14-4-2-11(17)8-12(14)16/h1-4,7-8H,5-6,18H2. The van der Waals surface area contributed by atoms with Gasteiger partial charge in [-0.15, -0.1) is 0 Å². The second-order valence-electron chi connectivity index (χ2n) is 3.97. The highest BCUT2D eigenvalue weighted by atomic mass is 79.9. The molecule has 0 amide bonds. The summed E-state index contributed by atoms with van der Waals surface area (Å²) in [6, 6.07) is 10.1. The summed E-state index contributed by atoms with van der Waals surface area (Å²) in [6.07, 6.45) is 0.716. The zero-order valence-electron chi connectivity index (χ0n) is 10.00. The Kier molecular flexibility index (Phi) is 4.96. The third-order valence-electron chi connectivity index (χ3n) is 2.55. The van der Waals surface area contributed by atoms with E-state index in [-0.39, 0.29) is 5.82 Å². The summed E-state index contributed by atoms with van der Waals surface area (Å²) in [5, 5.41) is 0. The van der Waals surface area contributed by atoms with Gasteiger partial charge in [-0.3, -0.25) is 0 Å². The first-order valence-electron chi connectivity index (χ1n) is 5.71. The quantitative estimate of drug-likeness (QED) is 0.827. The van der Waals surface area contributed by atoms with Crippen LogP contribution >= 0.6 is 31.9 Å². The summed E-state index contributed by atoms with van der Waals surface area (Å²) in [5.41, 5.74) is 6.60. The molecule has 0 unspecified atom stereocenters. The molecule has 0 radical (unpaired) electrons. The Hall–Kier alpha value is -0.910. The van der Waals surface area contributed by atoms with E-state index in [0.717, 1.165) is 15.8 Å². The minimum absolute atomic E-state index is 0.308. The first-order chi connectivity index (χ1) is 9.10. The van der Waals surface area contributed by atoms with Crippen LogP contribution in [-0.2, 0) is 6.42 Å². The molecule has 2 aromatic carbocycles. The number of hydrogen-bond acceptors (Lipinski definition) is 2. The van der Waals surface area contributed by atoms with Crippen molar-refractivity contribution >= 4 is 31.9 Å². The Morgan fingerprint density at radius 2 is 1.79 bits per heavy atom. The van der Waals surface area contributed by atoms with Gasteiger partial charge < -0.3 is 10.5 Å². The molecule has 0 saturated heterocycles. The fourth-order valence-corrected chi connectivity index (χ4v) is 2.52. The van der Waals surface area contributed by atoms with Crippen LogP contribution in [0.5, 0.6) is 11.5 Å². The van der Waals surface area contributed by atoms with Crippen molar-refractivity contribution in [2.45, 2.75) is 6.42 Å². The molecule has 2 aromatic rings. The van der Waals surface area contributed by atoms with Gasteiger partial charge in [0.1, 0.15) is 17.3 Å². The van der Waals surface area contributed by atoms with Gasteiger partial charge in [0.25, 0.3) is 0 Å². The third kappa shape index (κ3) is 3.78. The van der Waals surface area contributed by atoms with E-state index >= 15 is 0 Å². The maximum atomic E-state index is 13.0. The molecule has 19 heavy (non-hydrogen) atoms. The molecular weight excluding hydrogens is 377 g/mol. The first-order valence-corrected chi connectivity index (χ1v) is 7.30. The summed E-state index contributed by atoms with van der Waals surface area (Å²) in [5.74, 6) is 0.986. The van der Waals surface area contributed by atoms with Crippen molar-refractivity contribution in [1.29, 1.82) is 0 Å². The molecule has 0 atom stereocenters. The Balaban J connectivity index is 2.32. The third-order valence-corrected chi connectivity index (χ3v) is 3.66. The molecule has 0 spiro atoms. The molecule has 0 aliphatic rings. The van der Waals surface area contributed by atoms with E-state index in [9.17, 15) is 4.39 Å². The Morgan fingerprint density at radius 1 is 1.05 bits per heavy atom. The van der Waals surface area contributed by atoms with Crippen LogP contribution in [0.25, 0.3) is 0 Å². The lowest BCUT2D eigenvalue weighted by Crippen LogP contribution is -2.04. The number of hydrogen-bond donors (Lipinski definition) is 1. The smallest absolute Gasteiger partial charge is 0.141 e. The highest BCUT2D eigenvalue weighted by molar-refractivity contribution is 9.10. The summed E-state index contributed by atoms with van der Waals surface area (Å²) in [7, 11) is 0. The van der Waals surface area contributed by atoms with E-state index in [4.69, 9.17) is 10.5 Å². The van der Waals surface area contributed by atoms with Gasteiger partial charge in [0.2, 0.25) is 0 Å². The Bertz CT molecular complexity index is 590. The zero-order valence-corrected chi connectivity index (χ0v) is 13.2. The van der Waals surface area contributed by atoms with Gasteiger partial charge in [-0.25, -0.2) is 4.39 Å². The van der Waals surface area contributed by atoms with Crippen molar-refractivity contribution in [3.63, 3.8) is 0 Å². The van der Waals surface area contributed by atoms with Gasteiger partial charge in [0.05, 0.1) is 4.47 Å². The van der Waals surface area contributed by atoms with Crippen molar-refractivity contribution < 1.29 is 9.13 Å². The van der Waals surface area contributed by atoms with Crippen LogP contribution in [0.2, 0.25) is 0 Å². The average molecular weight is 389 g/mol. The van der Waals surface area contributed by atoms with Crippen LogP contribution in [0.4, 0.5) is 4.39 Å². The van der Waals surface area contributed by atoms with Crippen LogP contribution in [-0.4, -0.2) is 6.54 Å². The van der Waals surface area contributed by atoms with Gasteiger partial charge in [-0.1, -0.05) is 15.9 Å². The van der Waals surface area contributed by atoms with Crippen LogP contribution < -0.4 is 10.5 Å². The molecular formula is C14H12Br2FNO. The number of rotatable bonds is 4. The first kappa shape index (κ1) is 14.5. The summed E-state index contributed by atoms with van der Waals surface area (Å²) >= 11 is 6.70. The fraction of sp³-hybridized carbons (Fsp3) is 0.143.